The molecule has 206 valence electrons. The van der Waals surface area contributed by atoms with Crippen LogP contribution in [0.5, 0.6) is 0 Å². The molecule has 0 aliphatic heterocycles. The van der Waals surface area contributed by atoms with Crippen LogP contribution in [-0.4, -0.2) is 44.3 Å². The number of sulfone groups is 2. The van der Waals surface area contributed by atoms with E-state index >= 15 is 0 Å². The van der Waals surface area contributed by atoms with Crippen LogP contribution >= 0.6 is 0 Å². The first-order valence-corrected chi connectivity index (χ1v) is 16.4. The van der Waals surface area contributed by atoms with Crippen molar-refractivity contribution in [3.8, 4) is 0 Å². The number of nitrogen functional groups attached to an aromatic ring is 1. The van der Waals surface area contributed by atoms with Crippen LogP contribution in [-0.2, 0) is 43.4 Å². The summed E-state index contributed by atoms with van der Waals surface area (Å²) in [6, 6.07) is 14.0. The summed E-state index contributed by atoms with van der Waals surface area (Å²) in [5.74, 6) is 0.157. The average Bonchev–Trinajstić information content (AvgIpc) is 2.90. The first kappa shape index (κ1) is 33.6. The van der Waals surface area contributed by atoms with Crippen molar-refractivity contribution in [3.05, 3.63) is 54.6 Å². The van der Waals surface area contributed by atoms with E-state index in [1.165, 1.54) is 12.1 Å². The summed E-state index contributed by atoms with van der Waals surface area (Å²) >= 11 is 0.750. The molecule has 0 saturated heterocycles. The van der Waals surface area contributed by atoms with E-state index in [1.54, 1.807) is 42.5 Å². The molecule has 11 heteroatoms. The van der Waals surface area contributed by atoms with Crippen molar-refractivity contribution in [1.29, 1.82) is 0 Å². The maximum atomic E-state index is 12.4. The molecule has 0 heterocycles. The van der Waals surface area contributed by atoms with Gasteiger partial charge in [0.05, 0.1) is 21.6 Å². The van der Waals surface area contributed by atoms with Crippen molar-refractivity contribution in [2.75, 3.05) is 11.5 Å². The summed E-state index contributed by atoms with van der Waals surface area (Å²) in [6.45, 7) is 0. The van der Waals surface area contributed by atoms with E-state index in [-0.39, 0.29) is 17.1 Å². The number of rotatable bonds is 17. The summed E-state index contributed by atoms with van der Waals surface area (Å²) in [6.07, 6.45) is 8.35. The van der Waals surface area contributed by atoms with Crippen LogP contribution in [0.3, 0.4) is 0 Å². The summed E-state index contributed by atoms with van der Waals surface area (Å²) < 4.78 is 57.6. The Morgan fingerprint density at radius 2 is 1.11 bits per heavy atom. The van der Waals surface area contributed by atoms with Crippen LogP contribution in [0.4, 0.5) is 5.69 Å². The van der Waals surface area contributed by atoms with Crippen molar-refractivity contribution >= 4 is 25.4 Å². The molecule has 0 fully saturated rings. The molecule has 2 rings (SSSR count). The zero-order valence-electron chi connectivity index (χ0n) is 21.2. The number of benzene rings is 2. The summed E-state index contributed by atoms with van der Waals surface area (Å²) in [7, 11) is -7.20. The van der Waals surface area contributed by atoms with Gasteiger partial charge in [-0.1, -0.05) is 76.0 Å². The number of nitrogens with two attached hydrogens (primary N) is 1. The fraction of sp³-hybridized carbons (Fsp3) is 0.538. The third-order valence-electron chi connectivity index (χ3n) is 6.12. The van der Waals surface area contributed by atoms with Gasteiger partial charge in [-0.25, -0.2) is 16.8 Å². The van der Waals surface area contributed by atoms with Gasteiger partial charge in [0.15, 0.2) is 15.3 Å². The first-order chi connectivity index (χ1) is 17.6. The molecule has 2 atom stereocenters. The number of hydrogen-bond donors (Lipinski definition) is 3. The quantitative estimate of drug-likeness (QED) is 0.140. The van der Waals surface area contributed by atoms with E-state index < -0.39 is 31.2 Å². The number of hydrogen-bond acceptors (Lipinski definition) is 8. The topological polar surface area (TPSA) is 152 Å². The Hall–Kier alpha value is -1.43. The van der Waals surface area contributed by atoms with Crippen molar-refractivity contribution in [1.82, 2.24) is 0 Å². The molecule has 0 aliphatic carbocycles. The van der Waals surface area contributed by atoms with Crippen molar-refractivity contribution in [3.63, 3.8) is 0 Å². The van der Waals surface area contributed by atoms with Gasteiger partial charge in [0.25, 0.3) is 0 Å². The monoisotopic (exact) mass is 589 g/mol. The van der Waals surface area contributed by atoms with Crippen molar-refractivity contribution in [2.45, 2.75) is 92.0 Å². The molecule has 0 radical (unpaired) electrons. The molecule has 2 unspecified atom stereocenters. The maximum absolute atomic E-state index is 12.4. The zero-order valence-corrected chi connectivity index (χ0v) is 24.4. The average molecular weight is 590 g/mol. The zero-order chi connectivity index (χ0) is 27.7. The van der Waals surface area contributed by atoms with Crippen LogP contribution in [0.1, 0.15) is 70.6 Å². The normalized spacial score (nSPS) is 13.3. The Kier molecular flexibility index (Phi) is 16.3. The Morgan fingerprint density at radius 3 is 1.62 bits per heavy atom. The number of aliphatic hydroxyl groups is 2. The fourth-order valence-electron chi connectivity index (χ4n) is 3.95. The Labute approximate surface area is 233 Å². The van der Waals surface area contributed by atoms with Gasteiger partial charge in [-0.05, 0) is 49.2 Å². The van der Waals surface area contributed by atoms with Crippen LogP contribution in [0.15, 0.2) is 64.4 Å². The molecule has 0 aromatic heterocycles. The van der Waals surface area contributed by atoms with Crippen LogP contribution in [0.25, 0.3) is 0 Å². The molecule has 0 bridgehead atoms. The van der Waals surface area contributed by atoms with Gasteiger partial charge in [-0.3, -0.25) is 0 Å². The van der Waals surface area contributed by atoms with Gasteiger partial charge in [0.1, 0.15) is 0 Å². The summed E-state index contributed by atoms with van der Waals surface area (Å²) in [5, 5.41) is 20.2. The van der Waals surface area contributed by atoms with Gasteiger partial charge in [0, 0.05) is 5.69 Å². The molecule has 4 N–H and O–H groups in total. The molecule has 2 aromatic carbocycles. The van der Waals surface area contributed by atoms with Gasteiger partial charge in [0.2, 0.25) is 9.84 Å². The van der Waals surface area contributed by atoms with E-state index in [1.807, 2.05) is 0 Å². The minimum absolute atomic E-state index is 0.00924. The molecule has 0 aliphatic rings. The van der Waals surface area contributed by atoms with E-state index in [0.29, 0.717) is 23.4 Å². The second-order valence-electron chi connectivity index (χ2n) is 9.03. The molecular weight excluding hydrogens is 550 g/mol. The third-order valence-corrected chi connectivity index (χ3v) is 9.82. The first-order valence-electron chi connectivity index (χ1n) is 12.6. The van der Waals surface area contributed by atoms with E-state index in [4.69, 9.17) is 9.06 Å². The second-order valence-corrected chi connectivity index (χ2v) is 13.2. The van der Waals surface area contributed by atoms with Crippen molar-refractivity contribution < 1.29 is 50.8 Å². The van der Waals surface area contributed by atoms with Gasteiger partial charge >= 0.3 is 23.7 Å². The molecule has 0 spiro atoms. The standard InChI is InChI=1S/C26H39NO6S2.O.Ti/c27-22-17-19-23(20-18-22)34(30,31)21-13-8-6-4-2-1-3-5-7-12-16-25(28)26(29)35(32,33)24-14-10-9-11-15-24;;/h9-11,14-15,17-20,25-26,28-29H,1-8,12-13,16,21,27H2;;. The molecule has 2 aromatic rings. The molecule has 8 nitrogen and oxygen atoms in total. The van der Waals surface area contributed by atoms with E-state index in [2.05, 4.69) is 0 Å². The summed E-state index contributed by atoms with van der Waals surface area (Å²) in [4.78, 5) is 0.335. The number of unbranched alkanes of at least 4 members (excludes halogenated alkanes) is 9. The van der Waals surface area contributed by atoms with Crippen LogP contribution in [0, 0.1) is 0 Å². The predicted octanol–water partition coefficient (Wildman–Crippen LogP) is 4.37. The molecular formula is C26H39NO7S2Ti. The fourth-order valence-corrected chi connectivity index (χ4v) is 6.69. The van der Waals surface area contributed by atoms with E-state index in [9.17, 15) is 27.0 Å². The Morgan fingerprint density at radius 1 is 0.649 bits per heavy atom. The van der Waals surface area contributed by atoms with Gasteiger partial charge < -0.3 is 15.9 Å². The summed E-state index contributed by atoms with van der Waals surface area (Å²) in [5.41, 5.74) is 4.34. The van der Waals surface area contributed by atoms with Gasteiger partial charge in [-0.2, -0.15) is 0 Å². The SMILES string of the molecule is Nc1ccc(S(=O)(=O)CCCCCCCCCCCCC(O)C(O)S(=O)(=O)c2ccccc2)cc1.[O]=[Ti]. The third kappa shape index (κ3) is 12.3. The molecule has 0 amide bonds. The number of anilines is 1. The number of aliphatic hydroxyl groups excluding tert-OH is 2. The van der Waals surface area contributed by atoms with Crippen molar-refractivity contribution in [2.24, 2.45) is 0 Å². The molecule has 0 saturated carbocycles. The molecule has 37 heavy (non-hydrogen) atoms. The van der Waals surface area contributed by atoms with Gasteiger partial charge in [-0.15, -0.1) is 0 Å². The Bertz CT molecular complexity index is 1100. The van der Waals surface area contributed by atoms with E-state index in [0.717, 1.165) is 71.8 Å². The second kappa shape index (κ2) is 18.0. The predicted molar refractivity (Wildman–Crippen MR) is 140 cm³/mol. The van der Waals surface area contributed by atoms with Crippen LogP contribution in [0.2, 0.25) is 0 Å². The van der Waals surface area contributed by atoms with Crippen LogP contribution < -0.4 is 5.73 Å². The Balaban J connectivity index is 0.00000334. The minimum atomic E-state index is -3.96.